The van der Waals surface area contributed by atoms with Crippen molar-refractivity contribution in [3.8, 4) is 0 Å². The van der Waals surface area contributed by atoms with Gasteiger partial charge in [-0.25, -0.2) is 0 Å². The normalized spacial score (nSPS) is 16.1. The molecular formula is C17H18BrNO. The van der Waals surface area contributed by atoms with Crippen molar-refractivity contribution >= 4 is 32.6 Å². The lowest BCUT2D eigenvalue weighted by Crippen LogP contribution is -2.28. The Hall–Kier alpha value is -1.35. The second kappa shape index (κ2) is 5.57. The zero-order valence-electron chi connectivity index (χ0n) is 11.5. The molecule has 0 aliphatic heterocycles. The van der Waals surface area contributed by atoms with Crippen molar-refractivity contribution in [1.82, 2.24) is 5.32 Å². The predicted molar refractivity (Wildman–Crippen MR) is 85.9 cm³/mol. The van der Waals surface area contributed by atoms with Crippen LogP contribution in [0.1, 0.15) is 30.1 Å². The van der Waals surface area contributed by atoms with Crippen LogP contribution in [0.25, 0.3) is 10.8 Å². The summed E-state index contributed by atoms with van der Waals surface area (Å²) in [5.74, 6) is 1.45. The van der Waals surface area contributed by atoms with Gasteiger partial charge in [0.1, 0.15) is 0 Å². The highest BCUT2D eigenvalue weighted by molar-refractivity contribution is 9.10. The Bertz CT molecular complexity index is 648. The van der Waals surface area contributed by atoms with Crippen LogP contribution in [-0.2, 0) is 0 Å². The maximum Gasteiger partial charge on any atom is 0.251 e. The van der Waals surface area contributed by atoms with Crippen molar-refractivity contribution in [2.75, 3.05) is 6.54 Å². The van der Waals surface area contributed by atoms with E-state index in [0.29, 0.717) is 5.92 Å². The number of rotatable bonds is 4. The maximum absolute atomic E-state index is 12.2. The predicted octanol–water partition coefficient (Wildman–Crippen LogP) is 4.38. The molecule has 1 aliphatic carbocycles. The number of carbonyl (C=O) groups excluding carboxylic acids is 1. The standard InChI is InChI=1S/C17H18BrNO/c1-11(12-2-3-12)10-19-17(20)15-5-4-14-9-16(18)7-6-13(14)8-15/h4-9,11-12H,2-3,10H2,1H3,(H,19,20). The van der Waals surface area contributed by atoms with E-state index in [9.17, 15) is 4.79 Å². The van der Waals surface area contributed by atoms with Crippen LogP contribution in [0.5, 0.6) is 0 Å². The molecular weight excluding hydrogens is 314 g/mol. The first-order valence-corrected chi connectivity index (χ1v) is 7.90. The molecule has 1 saturated carbocycles. The van der Waals surface area contributed by atoms with Crippen molar-refractivity contribution < 1.29 is 4.79 Å². The summed E-state index contributed by atoms with van der Waals surface area (Å²) in [5.41, 5.74) is 0.739. The molecule has 104 valence electrons. The number of hydrogen-bond acceptors (Lipinski definition) is 1. The zero-order valence-corrected chi connectivity index (χ0v) is 13.1. The highest BCUT2D eigenvalue weighted by Gasteiger charge is 2.27. The summed E-state index contributed by atoms with van der Waals surface area (Å²) in [6.45, 7) is 3.00. The van der Waals surface area contributed by atoms with E-state index in [1.54, 1.807) is 0 Å². The molecule has 0 heterocycles. The molecule has 1 atom stereocenters. The molecule has 0 bridgehead atoms. The van der Waals surface area contributed by atoms with Gasteiger partial charge in [-0.3, -0.25) is 4.79 Å². The number of fused-ring (bicyclic) bond motifs is 1. The van der Waals surface area contributed by atoms with Crippen LogP contribution >= 0.6 is 15.9 Å². The quantitative estimate of drug-likeness (QED) is 0.885. The molecule has 1 amide bonds. The molecule has 1 N–H and O–H groups in total. The number of halogens is 1. The maximum atomic E-state index is 12.2. The highest BCUT2D eigenvalue weighted by Crippen LogP contribution is 2.36. The molecule has 2 nitrogen and oxygen atoms in total. The van der Waals surface area contributed by atoms with Crippen molar-refractivity contribution in [3.63, 3.8) is 0 Å². The van der Waals surface area contributed by atoms with Crippen LogP contribution < -0.4 is 5.32 Å². The Kier molecular flexibility index (Phi) is 3.79. The molecule has 0 spiro atoms. The Balaban J connectivity index is 1.72. The SMILES string of the molecule is CC(CNC(=O)c1ccc2cc(Br)ccc2c1)C1CC1. The van der Waals surface area contributed by atoms with E-state index in [0.717, 1.165) is 33.3 Å². The monoisotopic (exact) mass is 331 g/mol. The average molecular weight is 332 g/mol. The Morgan fingerprint density at radius 3 is 2.70 bits per heavy atom. The van der Waals surface area contributed by atoms with Crippen molar-refractivity contribution in [2.24, 2.45) is 11.8 Å². The van der Waals surface area contributed by atoms with Crippen molar-refractivity contribution in [1.29, 1.82) is 0 Å². The molecule has 20 heavy (non-hydrogen) atoms. The Morgan fingerprint density at radius 2 is 1.95 bits per heavy atom. The molecule has 0 radical (unpaired) electrons. The van der Waals surface area contributed by atoms with Gasteiger partial charge in [-0.1, -0.05) is 35.0 Å². The Morgan fingerprint density at radius 1 is 1.25 bits per heavy atom. The molecule has 3 heteroatoms. The van der Waals surface area contributed by atoms with Gasteiger partial charge in [0.25, 0.3) is 5.91 Å². The fourth-order valence-corrected chi connectivity index (χ4v) is 2.92. The van der Waals surface area contributed by atoms with Gasteiger partial charge in [0, 0.05) is 16.6 Å². The molecule has 1 fully saturated rings. The number of amides is 1. The summed E-state index contributed by atoms with van der Waals surface area (Å²) in [7, 11) is 0. The lowest BCUT2D eigenvalue weighted by Gasteiger charge is -2.11. The van der Waals surface area contributed by atoms with Crippen LogP contribution in [0.2, 0.25) is 0 Å². The number of carbonyl (C=O) groups is 1. The van der Waals surface area contributed by atoms with E-state index in [1.807, 2.05) is 30.3 Å². The number of nitrogens with one attached hydrogen (secondary N) is 1. The minimum atomic E-state index is 0.0299. The molecule has 2 aromatic rings. The fourth-order valence-electron chi connectivity index (χ4n) is 2.55. The summed E-state index contributed by atoms with van der Waals surface area (Å²) in [5, 5.41) is 5.28. The molecule has 1 aliphatic rings. The van der Waals surface area contributed by atoms with E-state index in [1.165, 1.54) is 12.8 Å². The van der Waals surface area contributed by atoms with Gasteiger partial charge >= 0.3 is 0 Å². The van der Waals surface area contributed by atoms with Crippen LogP contribution in [0.3, 0.4) is 0 Å². The third-order valence-electron chi connectivity index (χ3n) is 4.08. The lowest BCUT2D eigenvalue weighted by molar-refractivity contribution is 0.0947. The van der Waals surface area contributed by atoms with E-state index < -0.39 is 0 Å². The summed E-state index contributed by atoms with van der Waals surface area (Å²) in [6, 6.07) is 11.9. The number of hydrogen-bond donors (Lipinski definition) is 1. The average Bonchev–Trinajstić information content (AvgIpc) is 3.28. The van der Waals surface area contributed by atoms with Crippen LogP contribution in [0, 0.1) is 11.8 Å². The van der Waals surface area contributed by atoms with E-state index in [4.69, 9.17) is 0 Å². The third-order valence-corrected chi connectivity index (χ3v) is 4.57. The summed E-state index contributed by atoms with van der Waals surface area (Å²) >= 11 is 3.46. The van der Waals surface area contributed by atoms with Crippen molar-refractivity contribution in [2.45, 2.75) is 19.8 Å². The number of benzene rings is 2. The van der Waals surface area contributed by atoms with Gasteiger partial charge < -0.3 is 5.32 Å². The summed E-state index contributed by atoms with van der Waals surface area (Å²) in [4.78, 5) is 12.2. The second-order valence-corrected chi connectivity index (χ2v) is 6.65. The van der Waals surface area contributed by atoms with Crippen LogP contribution in [0.4, 0.5) is 0 Å². The topological polar surface area (TPSA) is 29.1 Å². The largest absolute Gasteiger partial charge is 0.352 e. The molecule has 1 unspecified atom stereocenters. The van der Waals surface area contributed by atoms with E-state index >= 15 is 0 Å². The van der Waals surface area contributed by atoms with Gasteiger partial charge in [0.2, 0.25) is 0 Å². The third kappa shape index (κ3) is 3.04. The molecule has 2 aromatic carbocycles. The Labute approximate surface area is 127 Å². The lowest BCUT2D eigenvalue weighted by atomic mass is 10.1. The van der Waals surface area contributed by atoms with Crippen molar-refractivity contribution in [3.05, 3.63) is 46.4 Å². The second-order valence-electron chi connectivity index (χ2n) is 5.73. The summed E-state index contributed by atoms with van der Waals surface area (Å²) < 4.78 is 1.06. The smallest absolute Gasteiger partial charge is 0.251 e. The van der Waals surface area contributed by atoms with Gasteiger partial charge in [-0.2, -0.15) is 0 Å². The first-order valence-electron chi connectivity index (χ1n) is 7.11. The van der Waals surface area contributed by atoms with Gasteiger partial charge in [0.15, 0.2) is 0 Å². The molecule has 0 aromatic heterocycles. The fraction of sp³-hybridized carbons (Fsp3) is 0.353. The van der Waals surface area contributed by atoms with Gasteiger partial charge in [0.05, 0.1) is 0 Å². The summed E-state index contributed by atoms with van der Waals surface area (Å²) in [6.07, 6.45) is 2.64. The minimum absolute atomic E-state index is 0.0299. The van der Waals surface area contributed by atoms with Crippen LogP contribution in [0.15, 0.2) is 40.9 Å². The van der Waals surface area contributed by atoms with E-state index in [-0.39, 0.29) is 5.91 Å². The highest BCUT2D eigenvalue weighted by atomic mass is 79.9. The molecule has 0 saturated heterocycles. The first-order chi connectivity index (χ1) is 9.63. The first kappa shape index (κ1) is 13.6. The van der Waals surface area contributed by atoms with E-state index in [2.05, 4.69) is 34.2 Å². The van der Waals surface area contributed by atoms with Gasteiger partial charge in [-0.05, 0) is 59.7 Å². The van der Waals surface area contributed by atoms with Gasteiger partial charge in [-0.15, -0.1) is 0 Å². The minimum Gasteiger partial charge on any atom is -0.352 e. The molecule has 3 rings (SSSR count). The van der Waals surface area contributed by atoms with Crippen LogP contribution in [-0.4, -0.2) is 12.5 Å². The zero-order chi connectivity index (χ0) is 14.1.